The van der Waals surface area contributed by atoms with Gasteiger partial charge in [0.1, 0.15) is 0 Å². The van der Waals surface area contributed by atoms with Gasteiger partial charge in [0.05, 0.1) is 0 Å². The Hall–Kier alpha value is 3.90. The van der Waals surface area contributed by atoms with E-state index < -0.39 is 0 Å². The van der Waals surface area contributed by atoms with Crippen LogP contribution in [0.1, 0.15) is 6.42 Å². The van der Waals surface area contributed by atoms with E-state index in [-0.39, 0.29) is 131 Å². The summed E-state index contributed by atoms with van der Waals surface area (Å²) in [7, 11) is 0. The zero-order valence-electron chi connectivity index (χ0n) is 6.14. The van der Waals surface area contributed by atoms with E-state index >= 15 is 0 Å². The molecule has 0 aromatic carbocycles. The molecule has 46 valence electrons. The second-order valence-electron chi connectivity index (χ2n) is 1.03. The van der Waals surface area contributed by atoms with Crippen LogP contribution < -0.4 is 0 Å². The van der Waals surface area contributed by atoms with Gasteiger partial charge in [-0.05, 0) is 0 Å². The molecular formula is C6H8Y4-2. The molecule has 0 aliphatic heterocycles. The van der Waals surface area contributed by atoms with Crippen LogP contribution in [0.2, 0.25) is 0 Å². The Kier molecular flexibility index (Phi) is 67.3. The Balaban J connectivity index is -0.0000000208. The number of hydrogen-bond donors (Lipinski definition) is 0. The molecule has 0 atom stereocenters. The molecule has 0 N–H and O–H groups in total. The summed E-state index contributed by atoms with van der Waals surface area (Å²) in [6.45, 7) is 10.5. The van der Waals surface area contributed by atoms with Crippen molar-refractivity contribution in [3.05, 3.63) is 31.7 Å². The van der Waals surface area contributed by atoms with Gasteiger partial charge >= 0.3 is 0 Å². The van der Waals surface area contributed by atoms with E-state index in [1.165, 1.54) is 0 Å². The quantitative estimate of drug-likeness (QED) is 0.458. The van der Waals surface area contributed by atoms with Crippen LogP contribution in [0.3, 0.4) is 0 Å². The fraction of sp³-hybridized carbons (Fsp3) is 0.167. The predicted octanol–water partition coefficient (Wildman–Crippen LogP) is 1.75. The molecule has 0 aromatic rings. The first-order chi connectivity index (χ1) is 2.81. The molecule has 0 heterocycles. The molecule has 0 fully saturated rings. The summed E-state index contributed by atoms with van der Waals surface area (Å²) in [6.07, 6.45) is 3.32. The predicted molar refractivity (Wildman–Crippen MR) is 28.0 cm³/mol. The van der Waals surface area contributed by atoms with Crippen molar-refractivity contribution in [2.75, 3.05) is 0 Å². The molecule has 0 aliphatic rings. The van der Waals surface area contributed by atoms with Crippen molar-refractivity contribution in [2.24, 2.45) is 0 Å². The van der Waals surface area contributed by atoms with E-state index in [0.29, 0.717) is 6.42 Å². The minimum Gasteiger partial charge on any atom is -0.342 e. The maximum absolute atomic E-state index is 3.56. The van der Waals surface area contributed by atoms with Crippen LogP contribution in [0.15, 0.2) is 18.7 Å². The second kappa shape index (κ2) is 23.1. The largest absolute Gasteiger partial charge is 0.342 e. The fourth-order valence-electron chi connectivity index (χ4n) is 0.0884. The Morgan fingerprint density at radius 3 is 1.50 bits per heavy atom. The molecule has 0 spiro atoms. The van der Waals surface area contributed by atoms with Crippen molar-refractivity contribution in [1.82, 2.24) is 0 Å². The van der Waals surface area contributed by atoms with Crippen molar-refractivity contribution < 1.29 is 131 Å². The number of allylic oxidation sites excluding steroid dienone is 2. The molecule has 0 unspecified atom stereocenters. The van der Waals surface area contributed by atoms with Crippen LogP contribution >= 0.6 is 0 Å². The van der Waals surface area contributed by atoms with E-state index in [0.717, 1.165) is 5.57 Å². The maximum atomic E-state index is 3.56. The van der Waals surface area contributed by atoms with Crippen molar-refractivity contribution in [3.8, 4) is 0 Å². The summed E-state index contributed by atoms with van der Waals surface area (Å²) in [5.74, 6) is 0. The van der Waals surface area contributed by atoms with Gasteiger partial charge in [0.2, 0.25) is 0 Å². The molecule has 0 amide bonds. The van der Waals surface area contributed by atoms with Gasteiger partial charge in [-0.3, -0.25) is 11.6 Å². The summed E-state index contributed by atoms with van der Waals surface area (Å²) < 4.78 is 0. The average Bonchev–Trinajstić information content (AvgIpc) is 1.65. The molecule has 0 bridgehead atoms. The Bertz CT molecular complexity index is 70.1. The van der Waals surface area contributed by atoms with E-state index in [9.17, 15) is 0 Å². The van der Waals surface area contributed by atoms with Gasteiger partial charge in [0.15, 0.2) is 0 Å². The molecule has 0 nitrogen and oxygen atoms in total. The van der Waals surface area contributed by atoms with Gasteiger partial charge in [-0.2, -0.15) is 13.0 Å². The first kappa shape index (κ1) is 29.2. The van der Waals surface area contributed by atoms with Gasteiger partial charge in [-0.1, -0.05) is 0 Å². The third-order valence-corrected chi connectivity index (χ3v) is 0.552. The van der Waals surface area contributed by atoms with Gasteiger partial charge in [0, 0.05) is 131 Å². The van der Waals surface area contributed by atoms with Crippen molar-refractivity contribution in [1.29, 1.82) is 0 Å². The SMILES string of the molecule is C=[C-]C(=C)C[CH2-].[Y].[Y].[Y].[Y]. The molecule has 4 heteroatoms. The van der Waals surface area contributed by atoms with Crippen molar-refractivity contribution >= 4 is 0 Å². The smallest absolute Gasteiger partial charge is 0 e. The van der Waals surface area contributed by atoms with Gasteiger partial charge < -0.3 is 6.92 Å². The van der Waals surface area contributed by atoms with Crippen molar-refractivity contribution in [3.63, 3.8) is 0 Å². The Morgan fingerprint density at radius 1 is 1.20 bits per heavy atom. The minimum atomic E-state index is 0. The Labute approximate surface area is 165 Å². The number of rotatable bonds is 2. The number of hydrogen-bond acceptors (Lipinski definition) is 0. The van der Waals surface area contributed by atoms with E-state index in [1.54, 1.807) is 0 Å². The average molecular weight is 436 g/mol. The third-order valence-electron chi connectivity index (χ3n) is 0.552. The molecular weight excluding hydrogens is 428 g/mol. The Morgan fingerprint density at radius 2 is 1.50 bits per heavy atom. The van der Waals surface area contributed by atoms with Crippen LogP contribution in [0, 0.1) is 13.0 Å². The normalized spacial score (nSPS) is 4.50. The maximum Gasteiger partial charge on any atom is 0 e. The van der Waals surface area contributed by atoms with Gasteiger partial charge in [-0.25, -0.2) is 6.58 Å². The van der Waals surface area contributed by atoms with E-state index in [1.807, 2.05) is 0 Å². The minimum absolute atomic E-state index is 0. The van der Waals surface area contributed by atoms with Crippen molar-refractivity contribution in [2.45, 2.75) is 6.42 Å². The molecule has 0 saturated carbocycles. The van der Waals surface area contributed by atoms with Gasteiger partial charge in [0.25, 0.3) is 0 Å². The molecule has 0 aromatic heterocycles. The topological polar surface area (TPSA) is 0 Å². The van der Waals surface area contributed by atoms with Crippen LogP contribution in [-0.4, -0.2) is 0 Å². The molecule has 0 rings (SSSR count). The van der Waals surface area contributed by atoms with E-state index in [2.05, 4.69) is 26.2 Å². The van der Waals surface area contributed by atoms with Crippen LogP contribution in [0.25, 0.3) is 0 Å². The van der Waals surface area contributed by atoms with Crippen LogP contribution in [-0.2, 0) is 131 Å². The zero-order valence-corrected chi connectivity index (χ0v) is 17.5. The second-order valence-corrected chi connectivity index (χ2v) is 1.03. The summed E-state index contributed by atoms with van der Waals surface area (Å²) in [6, 6.07) is 0. The summed E-state index contributed by atoms with van der Waals surface area (Å²) in [5, 5.41) is 0. The summed E-state index contributed by atoms with van der Waals surface area (Å²) in [4.78, 5) is 0. The fourth-order valence-corrected chi connectivity index (χ4v) is 0.0884. The monoisotopic (exact) mass is 436 g/mol. The van der Waals surface area contributed by atoms with Gasteiger partial charge in [-0.15, -0.1) is 0 Å². The third kappa shape index (κ3) is 22.7. The molecule has 0 saturated heterocycles. The standard InChI is InChI=1S/C6H8.4Y/c1-4-6(3)5-2;;;;/h1-4H2;;;;/q-2;;;;. The van der Waals surface area contributed by atoms with Crippen LogP contribution in [0.5, 0.6) is 0 Å². The first-order valence-electron chi connectivity index (χ1n) is 1.81. The summed E-state index contributed by atoms with van der Waals surface area (Å²) in [5.41, 5.74) is 0.870. The molecule has 10 heavy (non-hydrogen) atoms. The zero-order chi connectivity index (χ0) is 4.99. The van der Waals surface area contributed by atoms with E-state index in [4.69, 9.17) is 0 Å². The summed E-state index contributed by atoms with van der Waals surface area (Å²) >= 11 is 0. The molecule has 0 aliphatic carbocycles. The first-order valence-corrected chi connectivity index (χ1v) is 1.81. The van der Waals surface area contributed by atoms with Crippen LogP contribution in [0.4, 0.5) is 0 Å². The molecule has 4 radical (unpaired) electrons.